The zero-order chi connectivity index (χ0) is 22.0. The predicted octanol–water partition coefficient (Wildman–Crippen LogP) is 4.17. The van der Waals surface area contributed by atoms with Crippen LogP contribution in [0.3, 0.4) is 0 Å². The number of nitrogens with zero attached hydrogens (tertiary/aromatic N) is 1. The molecule has 0 saturated heterocycles. The van der Waals surface area contributed by atoms with Crippen molar-refractivity contribution in [2.45, 2.75) is 27.7 Å². The Kier molecular flexibility index (Phi) is 6.15. The van der Waals surface area contributed by atoms with Gasteiger partial charge in [-0.3, -0.25) is 14.5 Å². The molecule has 6 nitrogen and oxygen atoms in total. The van der Waals surface area contributed by atoms with E-state index in [-0.39, 0.29) is 23.4 Å². The topological polar surface area (TPSA) is 67.9 Å². The Morgan fingerprint density at radius 3 is 2.20 bits per heavy atom. The number of rotatable bonds is 7. The highest BCUT2D eigenvalue weighted by Gasteiger charge is 2.39. The van der Waals surface area contributed by atoms with Crippen molar-refractivity contribution in [1.82, 2.24) is 4.90 Å². The van der Waals surface area contributed by atoms with E-state index in [2.05, 4.69) is 5.32 Å². The number of amides is 2. The lowest BCUT2D eigenvalue weighted by Gasteiger charge is -2.17. The van der Waals surface area contributed by atoms with Crippen molar-refractivity contribution in [3.8, 4) is 11.5 Å². The second-order valence-electron chi connectivity index (χ2n) is 7.86. The quantitative estimate of drug-likeness (QED) is 0.697. The Balaban J connectivity index is 2.09. The number of carbonyl (C=O) groups excluding carboxylic acids is 2. The third-order valence-electron chi connectivity index (χ3n) is 5.16. The van der Waals surface area contributed by atoms with Crippen molar-refractivity contribution in [3.63, 3.8) is 0 Å². The number of hydrogen-bond donors (Lipinski definition) is 1. The first kappa shape index (κ1) is 21.4. The molecular formula is C24H28N2O4. The van der Waals surface area contributed by atoms with Crippen LogP contribution in [0.15, 0.2) is 42.1 Å². The van der Waals surface area contributed by atoms with Crippen LogP contribution in [0.2, 0.25) is 0 Å². The van der Waals surface area contributed by atoms with Gasteiger partial charge >= 0.3 is 0 Å². The maximum atomic E-state index is 13.2. The third kappa shape index (κ3) is 4.03. The molecule has 1 aliphatic heterocycles. The van der Waals surface area contributed by atoms with Gasteiger partial charge in [-0.05, 0) is 48.6 Å². The van der Waals surface area contributed by atoms with Crippen LogP contribution in [0, 0.1) is 19.8 Å². The fourth-order valence-corrected chi connectivity index (χ4v) is 3.45. The molecule has 0 atom stereocenters. The van der Waals surface area contributed by atoms with Gasteiger partial charge in [0.15, 0.2) is 11.5 Å². The summed E-state index contributed by atoms with van der Waals surface area (Å²) in [6, 6.07) is 11.1. The van der Waals surface area contributed by atoms with E-state index in [1.54, 1.807) is 32.4 Å². The Morgan fingerprint density at radius 1 is 0.900 bits per heavy atom. The van der Waals surface area contributed by atoms with Gasteiger partial charge in [0, 0.05) is 18.3 Å². The lowest BCUT2D eigenvalue weighted by atomic mass is 9.99. The van der Waals surface area contributed by atoms with Gasteiger partial charge in [-0.15, -0.1) is 0 Å². The summed E-state index contributed by atoms with van der Waals surface area (Å²) < 4.78 is 10.6. The van der Waals surface area contributed by atoms with Gasteiger partial charge in [0.1, 0.15) is 5.70 Å². The number of ether oxygens (including phenoxy) is 2. The summed E-state index contributed by atoms with van der Waals surface area (Å²) in [4.78, 5) is 27.8. The molecule has 2 aromatic rings. The van der Waals surface area contributed by atoms with Crippen LogP contribution in [0.25, 0.3) is 5.57 Å². The van der Waals surface area contributed by atoms with Crippen LogP contribution in [-0.4, -0.2) is 37.5 Å². The van der Waals surface area contributed by atoms with Gasteiger partial charge in [0.05, 0.1) is 19.8 Å². The fraction of sp³-hybridized carbons (Fsp3) is 0.333. The lowest BCUT2D eigenvalue weighted by Crippen LogP contribution is -2.35. The molecule has 1 N–H and O–H groups in total. The first-order valence-corrected chi connectivity index (χ1v) is 9.94. The van der Waals surface area contributed by atoms with E-state index in [4.69, 9.17) is 9.47 Å². The summed E-state index contributed by atoms with van der Waals surface area (Å²) in [6.07, 6.45) is 0. The van der Waals surface area contributed by atoms with Gasteiger partial charge in [-0.1, -0.05) is 32.0 Å². The standard InChI is InChI=1S/C24H28N2O4/c1-14(2)13-26-23(27)21(17-8-7-15(3)16(4)11-17)22(24(26)28)25-18-9-10-19(29-5)20(12-18)30-6/h7-12,14,25H,13H2,1-6H3. The molecule has 0 saturated carbocycles. The largest absolute Gasteiger partial charge is 0.493 e. The number of benzene rings is 2. The Morgan fingerprint density at radius 2 is 1.60 bits per heavy atom. The molecule has 0 spiro atoms. The van der Waals surface area contributed by atoms with E-state index >= 15 is 0 Å². The number of carbonyl (C=O) groups is 2. The molecule has 158 valence electrons. The zero-order valence-electron chi connectivity index (χ0n) is 18.3. The number of hydrogen-bond acceptors (Lipinski definition) is 5. The number of methoxy groups -OCH3 is 2. The van der Waals surface area contributed by atoms with Crippen molar-refractivity contribution >= 4 is 23.1 Å². The van der Waals surface area contributed by atoms with E-state index in [9.17, 15) is 9.59 Å². The molecule has 0 bridgehead atoms. The van der Waals surface area contributed by atoms with Gasteiger partial charge in [-0.25, -0.2) is 0 Å². The van der Waals surface area contributed by atoms with Crippen molar-refractivity contribution in [1.29, 1.82) is 0 Å². The Bertz CT molecular complexity index is 1020. The van der Waals surface area contributed by atoms with Crippen LogP contribution in [-0.2, 0) is 9.59 Å². The van der Waals surface area contributed by atoms with E-state index in [0.717, 1.165) is 16.7 Å². The first-order chi connectivity index (χ1) is 14.3. The van der Waals surface area contributed by atoms with E-state index in [1.165, 1.54) is 4.90 Å². The van der Waals surface area contributed by atoms with Crippen LogP contribution < -0.4 is 14.8 Å². The van der Waals surface area contributed by atoms with Crippen LogP contribution >= 0.6 is 0 Å². The van der Waals surface area contributed by atoms with Crippen LogP contribution in [0.1, 0.15) is 30.5 Å². The fourth-order valence-electron chi connectivity index (χ4n) is 3.45. The summed E-state index contributed by atoms with van der Waals surface area (Å²) >= 11 is 0. The summed E-state index contributed by atoms with van der Waals surface area (Å²) in [5.41, 5.74) is 4.22. The highest BCUT2D eigenvalue weighted by atomic mass is 16.5. The van der Waals surface area contributed by atoms with Crippen molar-refractivity contribution in [2.24, 2.45) is 5.92 Å². The zero-order valence-corrected chi connectivity index (χ0v) is 18.3. The summed E-state index contributed by atoms with van der Waals surface area (Å²) in [5.74, 6) is 0.685. The van der Waals surface area contributed by atoms with Gasteiger partial charge in [0.2, 0.25) is 0 Å². The summed E-state index contributed by atoms with van der Waals surface area (Å²) in [6.45, 7) is 8.34. The third-order valence-corrected chi connectivity index (χ3v) is 5.16. The average Bonchev–Trinajstić information content (AvgIpc) is 2.94. The lowest BCUT2D eigenvalue weighted by molar-refractivity contribution is -0.137. The molecular weight excluding hydrogens is 380 g/mol. The van der Waals surface area contributed by atoms with Gasteiger partial charge in [-0.2, -0.15) is 0 Å². The number of aryl methyl sites for hydroxylation is 2. The highest BCUT2D eigenvalue weighted by Crippen LogP contribution is 2.34. The monoisotopic (exact) mass is 408 g/mol. The SMILES string of the molecule is COc1ccc(NC2=C(c3ccc(C)c(C)c3)C(=O)N(CC(C)C)C2=O)cc1OC. The summed E-state index contributed by atoms with van der Waals surface area (Å²) in [7, 11) is 3.12. The van der Waals surface area contributed by atoms with E-state index in [0.29, 0.717) is 29.3 Å². The molecule has 0 aliphatic carbocycles. The molecule has 0 unspecified atom stereocenters. The van der Waals surface area contributed by atoms with Gasteiger partial charge < -0.3 is 14.8 Å². The smallest absolute Gasteiger partial charge is 0.278 e. The van der Waals surface area contributed by atoms with Crippen molar-refractivity contribution in [2.75, 3.05) is 26.1 Å². The highest BCUT2D eigenvalue weighted by molar-refractivity contribution is 6.36. The average molecular weight is 408 g/mol. The maximum absolute atomic E-state index is 13.2. The molecule has 30 heavy (non-hydrogen) atoms. The van der Waals surface area contributed by atoms with Crippen molar-refractivity contribution < 1.29 is 19.1 Å². The molecule has 0 aromatic heterocycles. The normalized spacial score (nSPS) is 14.0. The molecule has 0 fully saturated rings. The summed E-state index contributed by atoms with van der Waals surface area (Å²) in [5, 5.41) is 3.16. The minimum absolute atomic E-state index is 0.166. The second kappa shape index (κ2) is 8.61. The molecule has 2 aromatic carbocycles. The molecule has 1 heterocycles. The minimum atomic E-state index is -0.322. The van der Waals surface area contributed by atoms with Gasteiger partial charge in [0.25, 0.3) is 11.8 Å². The second-order valence-corrected chi connectivity index (χ2v) is 7.86. The minimum Gasteiger partial charge on any atom is -0.493 e. The Labute approximate surface area is 177 Å². The van der Waals surface area contributed by atoms with Crippen molar-refractivity contribution in [3.05, 3.63) is 58.8 Å². The van der Waals surface area contributed by atoms with Crippen LogP contribution in [0.4, 0.5) is 5.69 Å². The maximum Gasteiger partial charge on any atom is 0.278 e. The Hall–Kier alpha value is -3.28. The molecule has 1 aliphatic rings. The predicted molar refractivity (Wildman–Crippen MR) is 118 cm³/mol. The molecule has 3 rings (SSSR count). The first-order valence-electron chi connectivity index (χ1n) is 9.94. The van der Waals surface area contributed by atoms with E-state index < -0.39 is 0 Å². The molecule has 6 heteroatoms. The number of imide groups is 1. The van der Waals surface area contributed by atoms with Crippen LogP contribution in [0.5, 0.6) is 11.5 Å². The number of anilines is 1. The molecule has 0 radical (unpaired) electrons. The molecule has 2 amide bonds. The van der Waals surface area contributed by atoms with E-state index in [1.807, 2.05) is 45.9 Å². The number of nitrogens with one attached hydrogen (secondary N) is 1.